The highest BCUT2D eigenvalue weighted by molar-refractivity contribution is 9.08. The van der Waals surface area contributed by atoms with Crippen molar-refractivity contribution in [3.05, 3.63) is 28.6 Å². The Balaban J connectivity index is 3.56. The highest BCUT2D eigenvalue weighted by Crippen LogP contribution is 2.35. The molecule has 0 fully saturated rings. The summed E-state index contributed by atoms with van der Waals surface area (Å²) in [7, 11) is 0. The molecule has 0 N–H and O–H groups in total. The molecule has 0 aliphatic carbocycles. The van der Waals surface area contributed by atoms with Gasteiger partial charge in [0.25, 0.3) is 6.43 Å². The largest absolute Gasteiger partial charge is 0.433 e. The number of hydrogen-bond donors (Lipinski definition) is 0. The van der Waals surface area contributed by atoms with Crippen LogP contribution in [0.4, 0.5) is 22.0 Å². The molecule has 0 saturated heterocycles. The van der Waals surface area contributed by atoms with Crippen molar-refractivity contribution in [3.63, 3.8) is 0 Å². The number of hydrogen-bond acceptors (Lipinski definition) is 2. The molecule has 0 unspecified atom stereocenters. The first kappa shape index (κ1) is 13.8. The number of alkyl halides is 6. The predicted molar refractivity (Wildman–Crippen MR) is 51.5 cm³/mol. The normalized spacial score (nSPS) is 11.6. The van der Waals surface area contributed by atoms with Crippen LogP contribution in [0.15, 0.2) is 6.20 Å². The molecule has 0 saturated carbocycles. The van der Waals surface area contributed by atoms with E-state index in [1.165, 1.54) is 6.07 Å². The smallest absolute Gasteiger partial charge is 0.251 e. The van der Waals surface area contributed by atoms with Gasteiger partial charge in [-0.1, -0.05) is 15.9 Å². The average molecular weight is 315 g/mol. The second-order valence-electron chi connectivity index (χ2n) is 2.96. The zero-order valence-electron chi connectivity index (χ0n) is 8.02. The number of rotatable bonds is 2. The van der Waals surface area contributed by atoms with E-state index in [0.717, 1.165) is 0 Å². The van der Waals surface area contributed by atoms with Gasteiger partial charge in [0, 0.05) is 17.1 Å². The highest BCUT2D eigenvalue weighted by atomic mass is 79.9. The lowest BCUT2D eigenvalue weighted by Crippen LogP contribution is -2.14. The molecule has 0 aliphatic rings. The molecular formula is C9H4BrF5N2. The van der Waals surface area contributed by atoms with Crippen molar-refractivity contribution < 1.29 is 22.0 Å². The Kier molecular flexibility index (Phi) is 4.03. The third kappa shape index (κ3) is 2.72. The van der Waals surface area contributed by atoms with Gasteiger partial charge < -0.3 is 0 Å². The van der Waals surface area contributed by atoms with Crippen molar-refractivity contribution in [2.24, 2.45) is 0 Å². The zero-order valence-corrected chi connectivity index (χ0v) is 9.61. The van der Waals surface area contributed by atoms with Crippen LogP contribution in [0.3, 0.4) is 0 Å². The maximum absolute atomic E-state index is 12.5. The first-order valence-corrected chi connectivity index (χ1v) is 5.28. The molecule has 0 radical (unpaired) electrons. The molecule has 92 valence electrons. The Morgan fingerprint density at radius 2 is 2.00 bits per heavy atom. The van der Waals surface area contributed by atoms with Gasteiger partial charge in [0.05, 0.1) is 11.1 Å². The van der Waals surface area contributed by atoms with Crippen LogP contribution in [0.25, 0.3) is 0 Å². The first-order chi connectivity index (χ1) is 7.82. The Morgan fingerprint density at radius 3 is 2.35 bits per heavy atom. The third-order valence-electron chi connectivity index (χ3n) is 1.96. The van der Waals surface area contributed by atoms with Crippen LogP contribution in [-0.2, 0) is 11.5 Å². The summed E-state index contributed by atoms with van der Waals surface area (Å²) in [6.07, 6.45) is -7.44. The fraction of sp³-hybridized carbons (Fsp3) is 0.333. The number of pyridine rings is 1. The van der Waals surface area contributed by atoms with E-state index in [-0.39, 0.29) is 5.33 Å². The molecule has 0 aromatic carbocycles. The van der Waals surface area contributed by atoms with Crippen molar-refractivity contribution in [1.82, 2.24) is 4.98 Å². The fourth-order valence-electron chi connectivity index (χ4n) is 1.24. The van der Waals surface area contributed by atoms with Crippen LogP contribution < -0.4 is 0 Å². The van der Waals surface area contributed by atoms with E-state index in [4.69, 9.17) is 5.26 Å². The Bertz CT molecular complexity index is 464. The second-order valence-corrected chi connectivity index (χ2v) is 3.52. The Labute approximate surface area is 101 Å². The lowest BCUT2D eigenvalue weighted by atomic mass is 10.0. The van der Waals surface area contributed by atoms with E-state index in [9.17, 15) is 22.0 Å². The minimum atomic E-state index is -4.78. The van der Waals surface area contributed by atoms with Gasteiger partial charge in [-0.15, -0.1) is 0 Å². The van der Waals surface area contributed by atoms with Gasteiger partial charge in [-0.05, 0) is 0 Å². The lowest BCUT2D eigenvalue weighted by molar-refractivity contribution is -0.141. The number of nitriles is 1. The topological polar surface area (TPSA) is 36.7 Å². The summed E-state index contributed by atoms with van der Waals surface area (Å²) < 4.78 is 62.5. The molecule has 0 aliphatic heterocycles. The van der Waals surface area contributed by atoms with Gasteiger partial charge in [0.2, 0.25) is 0 Å². The van der Waals surface area contributed by atoms with Crippen LogP contribution in [0.5, 0.6) is 0 Å². The minimum absolute atomic E-state index is 0.377. The average Bonchev–Trinajstić information content (AvgIpc) is 2.25. The van der Waals surface area contributed by atoms with Crippen LogP contribution in [0.1, 0.15) is 28.8 Å². The highest BCUT2D eigenvalue weighted by Gasteiger charge is 2.37. The minimum Gasteiger partial charge on any atom is -0.251 e. The molecule has 1 heterocycles. The lowest BCUT2D eigenvalue weighted by Gasteiger charge is -2.13. The summed E-state index contributed by atoms with van der Waals surface area (Å²) in [5.74, 6) is 0. The molecule has 1 rings (SSSR count). The second kappa shape index (κ2) is 4.96. The van der Waals surface area contributed by atoms with Gasteiger partial charge in [0.1, 0.15) is 11.8 Å². The van der Waals surface area contributed by atoms with E-state index in [1.807, 2.05) is 0 Å². The molecule has 17 heavy (non-hydrogen) atoms. The Hall–Kier alpha value is -1.23. The van der Waals surface area contributed by atoms with E-state index in [1.54, 1.807) is 0 Å². The maximum atomic E-state index is 12.5. The molecule has 8 heteroatoms. The van der Waals surface area contributed by atoms with Crippen LogP contribution in [-0.4, -0.2) is 4.98 Å². The van der Waals surface area contributed by atoms with Crippen LogP contribution in [0, 0.1) is 11.3 Å². The molecule has 1 aromatic rings. The summed E-state index contributed by atoms with van der Waals surface area (Å²) in [5, 5.41) is 8.29. The summed E-state index contributed by atoms with van der Waals surface area (Å²) in [5.41, 5.74) is -3.37. The molecule has 0 spiro atoms. The van der Waals surface area contributed by atoms with E-state index in [2.05, 4.69) is 20.9 Å². The summed E-state index contributed by atoms with van der Waals surface area (Å²) in [6, 6.07) is 1.36. The zero-order chi connectivity index (χ0) is 13.2. The van der Waals surface area contributed by atoms with Gasteiger partial charge in [-0.3, -0.25) is 4.98 Å². The van der Waals surface area contributed by atoms with Gasteiger partial charge in [-0.25, -0.2) is 8.78 Å². The summed E-state index contributed by atoms with van der Waals surface area (Å²) in [4.78, 5) is 2.96. The fourth-order valence-corrected chi connectivity index (χ4v) is 1.79. The van der Waals surface area contributed by atoms with Crippen molar-refractivity contribution in [3.8, 4) is 6.07 Å². The monoisotopic (exact) mass is 314 g/mol. The van der Waals surface area contributed by atoms with E-state index >= 15 is 0 Å². The maximum Gasteiger partial charge on any atom is 0.433 e. The molecule has 1 aromatic heterocycles. The molecule has 0 bridgehead atoms. The molecule has 0 atom stereocenters. The SMILES string of the molecule is N#Cc1c(C(F)F)cnc(C(F)(F)F)c1CBr. The van der Waals surface area contributed by atoms with Crippen molar-refractivity contribution in [2.75, 3.05) is 0 Å². The van der Waals surface area contributed by atoms with Crippen molar-refractivity contribution in [1.29, 1.82) is 5.26 Å². The quantitative estimate of drug-likeness (QED) is 0.615. The number of halogens is 6. The molecule has 0 amide bonds. The number of aromatic nitrogens is 1. The van der Waals surface area contributed by atoms with E-state index in [0.29, 0.717) is 6.20 Å². The first-order valence-electron chi connectivity index (χ1n) is 4.16. The van der Waals surface area contributed by atoms with Gasteiger partial charge in [0.15, 0.2) is 0 Å². The predicted octanol–water partition coefficient (Wildman–Crippen LogP) is 3.80. The van der Waals surface area contributed by atoms with Gasteiger partial charge >= 0.3 is 6.18 Å². The standard InChI is InChI=1S/C9H4BrF5N2/c10-1-4-5(2-16)6(8(11)12)3-17-7(4)9(13,14)15/h3,8H,1H2. The third-order valence-corrected chi connectivity index (χ3v) is 2.52. The van der Waals surface area contributed by atoms with E-state index < -0.39 is 35.0 Å². The molecular weight excluding hydrogens is 311 g/mol. The number of nitrogens with zero attached hydrogens (tertiary/aromatic N) is 2. The van der Waals surface area contributed by atoms with Gasteiger partial charge in [-0.2, -0.15) is 18.4 Å². The van der Waals surface area contributed by atoms with Crippen LogP contribution >= 0.6 is 15.9 Å². The van der Waals surface area contributed by atoms with Crippen molar-refractivity contribution in [2.45, 2.75) is 17.9 Å². The summed E-state index contributed by atoms with van der Waals surface area (Å²) in [6.45, 7) is 0. The van der Waals surface area contributed by atoms with Crippen molar-refractivity contribution >= 4 is 15.9 Å². The Morgan fingerprint density at radius 1 is 1.41 bits per heavy atom. The summed E-state index contributed by atoms with van der Waals surface area (Å²) >= 11 is 2.74. The van der Waals surface area contributed by atoms with Crippen LogP contribution in [0.2, 0.25) is 0 Å². The molecule has 2 nitrogen and oxygen atoms in total.